The number of hydrogen-bond donors (Lipinski definition) is 2. The van der Waals surface area contributed by atoms with Gasteiger partial charge in [0.05, 0.1) is 17.0 Å². The molecule has 1 amide bonds. The van der Waals surface area contributed by atoms with Crippen molar-refractivity contribution in [3.8, 4) is 0 Å². The van der Waals surface area contributed by atoms with Gasteiger partial charge in [-0.15, -0.1) is 0 Å². The standard InChI is InChI=1S/C26H31F3N4O/c1-17(26(27,28)29)24-21-9-5-10-23(31-20-7-3-4-14-33(2)16-20)22(21)15-19(32-24)8-6-13-30-25(34)18-11-12-18/h5-6,8-10,15,18,20,31H,1,3-4,7,11-14,16H2,2H3,(H,30,34)/b8-6+. The van der Waals surface area contributed by atoms with Crippen molar-refractivity contribution in [1.82, 2.24) is 15.2 Å². The highest BCUT2D eigenvalue weighted by Gasteiger charge is 2.35. The summed E-state index contributed by atoms with van der Waals surface area (Å²) in [6, 6.07) is 7.31. The number of carbonyl (C=O) groups excluding carboxylic acids is 1. The summed E-state index contributed by atoms with van der Waals surface area (Å²) in [7, 11) is 2.09. The van der Waals surface area contributed by atoms with Gasteiger partial charge >= 0.3 is 6.18 Å². The fourth-order valence-corrected chi connectivity index (χ4v) is 4.37. The quantitative estimate of drug-likeness (QED) is 0.578. The first kappa shape index (κ1) is 24.3. The Morgan fingerprint density at radius 1 is 1.24 bits per heavy atom. The average molecular weight is 473 g/mol. The summed E-state index contributed by atoms with van der Waals surface area (Å²) < 4.78 is 40.8. The van der Waals surface area contributed by atoms with Gasteiger partial charge in [0.1, 0.15) is 0 Å². The SMILES string of the molecule is C=C(c1nc(/C=C/CNC(=O)C2CC2)cc2c(NC3CCCCN(C)C3)cccc12)C(F)(F)F. The highest BCUT2D eigenvalue weighted by molar-refractivity contribution is 6.00. The average Bonchev–Trinajstić information content (AvgIpc) is 3.64. The van der Waals surface area contributed by atoms with Crippen LogP contribution in [0.4, 0.5) is 18.9 Å². The summed E-state index contributed by atoms with van der Waals surface area (Å²) in [6.07, 6.45) is 3.84. The van der Waals surface area contributed by atoms with Gasteiger partial charge in [-0.05, 0) is 57.5 Å². The zero-order valence-electron chi connectivity index (χ0n) is 19.4. The third-order valence-corrected chi connectivity index (χ3v) is 6.39. The minimum atomic E-state index is -4.59. The van der Waals surface area contributed by atoms with E-state index in [1.54, 1.807) is 30.4 Å². The Labute approximate surface area is 198 Å². The Balaban J connectivity index is 1.66. The smallest absolute Gasteiger partial charge is 0.381 e. The number of anilines is 1. The molecule has 1 aromatic carbocycles. The first-order chi connectivity index (χ1) is 16.2. The number of alkyl halides is 3. The van der Waals surface area contributed by atoms with Crippen LogP contribution >= 0.6 is 0 Å². The number of nitrogens with one attached hydrogen (secondary N) is 2. The van der Waals surface area contributed by atoms with E-state index in [-0.39, 0.29) is 23.6 Å². The number of nitrogens with zero attached hydrogens (tertiary/aromatic N) is 2. The van der Waals surface area contributed by atoms with Gasteiger partial charge in [-0.25, -0.2) is 4.98 Å². The zero-order chi connectivity index (χ0) is 24.3. The van der Waals surface area contributed by atoms with Gasteiger partial charge in [-0.1, -0.05) is 31.2 Å². The van der Waals surface area contributed by atoms with E-state index in [1.165, 1.54) is 0 Å². The van der Waals surface area contributed by atoms with Crippen molar-refractivity contribution in [2.24, 2.45) is 5.92 Å². The van der Waals surface area contributed by atoms with Crippen LogP contribution in [0.3, 0.4) is 0 Å². The van der Waals surface area contributed by atoms with E-state index in [0.29, 0.717) is 23.0 Å². The molecular weight excluding hydrogens is 441 g/mol. The Morgan fingerprint density at radius 3 is 2.76 bits per heavy atom. The molecule has 1 atom stereocenters. The third-order valence-electron chi connectivity index (χ3n) is 6.39. The van der Waals surface area contributed by atoms with Crippen LogP contribution in [0.2, 0.25) is 0 Å². The highest BCUT2D eigenvalue weighted by atomic mass is 19.4. The fourth-order valence-electron chi connectivity index (χ4n) is 4.37. The number of aromatic nitrogens is 1. The van der Waals surface area contributed by atoms with Crippen molar-refractivity contribution in [3.63, 3.8) is 0 Å². The van der Waals surface area contributed by atoms with E-state index >= 15 is 0 Å². The predicted molar refractivity (Wildman–Crippen MR) is 130 cm³/mol. The molecule has 1 aromatic heterocycles. The second kappa shape index (κ2) is 10.2. The Morgan fingerprint density at radius 2 is 2.03 bits per heavy atom. The summed E-state index contributed by atoms with van der Waals surface area (Å²) in [5.74, 6) is 0.118. The van der Waals surface area contributed by atoms with Gasteiger partial charge in [0, 0.05) is 41.5 Å². The van der Waals surface area contributed by atoms with E-state index in [4.69, 9.17) is 0 Å². The van der Waals surface area contributed by atoms with E-state index in [9.17, 15) is 18.0 Å². The molecule has 1 saturated carbocycles. The number of amides is 1. The molecule has 2 aliphatic rings. The molecule has 182 valence electrons. The van der Waals surface area contributed by atoms with Gasteiger partial charge < -0.3 is 15.5 Å². The predicted octanol–water partition coefficient (Wildman–Crippen LogP) is 5.25. The molecule has 0 spiro atoms. The van der Waals surface area contributed by atoms with E-state index in [0.717, 1.165) is 50.9 Å². The number of fused-ring (bicyclic) bond motifs is 1. The second-order valence-electron chi connectivity index (χ2n) is 9.29. The normalized spacial score (nSPS) is 19.8. The molecule has 34 heavy (non-hydrogen) atoms. The van der Waals surface area contributed by atoms with E-state index < -0.39 is 11.7 Å². The summed E-state index contributed by atoms with van der Waals surface area (Å²) in [5, 5.41) is 7.47. The van der Waals surface area contributed by atoms with Crippen molar-refractivity contribution in [3.05, 3.63) is 48.3 Å². The molecule has 1 aliphatic carbocycles. The monoisotopic (exact) mass is 472 g/mol. The summed E-state index contributed by atoms with van der Waals surface area (Å²) in [6.45, 7) is 5.52. The van der Waals surface area contributed by atoms with Crippen molar-refractivity contribution in [1.29, 1.82) is 0 Å². The van der Waals surface area contributed by atoms with Crippen LogP contribution in [0.15, 0.2) is 36.9 Å². The first-order valence-electron chi connectivity index (χ1n) is 11.8. The molecule has 2 aromatic rings. The number of hydrogen-bond acceptors (Lipinski definition) is 4. The summed E-state index contributed by atoms with van der Waals surface area (Å²) in [4.78, 5) is 18.4. The van der Waals surface area contributed by atoms with Gasteiger partial charge in [0.2, 0.25) is 5.91 Å². The summed E-state index contributed by atoms with van der Waals surface area (Å²) in [5.41, 5.74) is 0.0309. The Kier molecular flexibility index (Phi) is 7.26. The number of pyridine rings is 1. The molecule has 2 fully saturated rings. The number of rotatable bonds is 7. The minimum Gasteiger partial charge on any atom is -0.381 e. The van der Waals surface area contributed by atoms with Crippen LogP contribution < -0.4 is 10.6 Å². The maximum Gasteiger partial charge on any atom is 0.417 e. The summed E-state index contributed by atoms with van der Waals surface area (Å²) >= 11 is 0. The van der Waals surface area contributed by atoms with Gasteiger partial charge in [-0.2, -0.15) is 13.2 Å². The number of halogens is 3. The lowest BCUT2D eigenvalue weighted by atomic mass is 10.0. The first-order valence-corrected chi connectivity index (χ1v) is 11.8. The lowest BCUT2D eigenvalue weighted by Gasteiger charge is -2.23. The molecule has 4 rings (SSSR count). The molecule has 0 bridgehead atoms. The second-order valence-corrected chi connectivity index (χ2v) is 9.29. The van der Waals surface area contributed by atoms with Crippen molar-refractivity contribution >= 4 is 34.0 Å². The number of likely N-dealkylation sites (tertiary alicyclic amines) is 1. The van der Waals surface area contributed by atoms with Crippen LogP contribution in [0.1, 0.15) is 43.5 Å². The van der Waals surface area contributed by atoms with Gasteiger partial charge in [0.25, 0.3) is 0 Å². The molecule has 8 heteroatoms. The van der Waals surface area contributed by atoms with Crippen molar-refractivity contribution < 1.29 is 18.0 Å². The lowest BCUT2D eigenvalue weighted by molar-refractivity contribution is -0.122. The molecular formula is C26H31F3N4O. The largest absolute Gasteiger partial charge is 0.417 e. The maximum atomic E-state index is 13.6. The molecule has 1 aliphatic heterocycles. The zero-order valence-corrected chi connectivity index (χ0v) is 19.4. The van der Waals surface area contributed by atoms with Gasteiger partial charge in [0.15, 0.2) is 0 Å². The van der Waals surface area contributed by atoms with Gasteiger partial charge in [-0.3, -0.25) is 4.79 Å². The minimum absolute atomic E-state index is 0.0158. The lowest BCUT2D eigenvalue weighted by Crippen LogP contribution is -2.32. The van der Waals surface area contributed by atoms with Crippen molar-refractivity contribution in [2.45, 2.75) is 44.3 Å². The van der Waals surface area contributed by atoms with Crippen LogP contribution in [-0.2, 0) is 4.79 Å². The van der Waals surface area contributed by atoms with Crippen LogP contribution in [-0.4, -0.2) is 54.7 Å². The third kappa shape index (κ3) is 5.97. The van der Waals surface area contributed by atoms with Crippen LogP contribution in [0, 0.1) is 5.92 Å². The number of allylic oxidation sites excluding steroid dienone is 1. The Bertz CT molecular complexity index is 1090. The molecule has 2 N–H and O–H groups in total. The fraction of sp³-hybridized carbons (Fsp3) is 0.462. The Hall–Kier alpha value is -2.87. The van der Waals surface area contributed by atoms with E-state index in [2.05, 4.69) is 34.1 Å². The molecule has 5 nitrogen and oxygen atoms in total. The highest BCUT2D eigenvalue weighted by Crippen LogP contribution is 2.37. The molecule has 1 saturated heterocycles. The molecule has 0 radical (unpaired) electrons. The molecule has 2 heterocycles. The number of carbonyl (C=O) groups is 1. The number of likely N-dealkylation sites (N-methyl/N-ethyl adjacent to an activating group) is 1. The van der Waals surface area contributed by atoms with Crippen LogP contribution in [0.5, 0.6) is 0 Å². The van der Waals surface area contributed by atoms with E-state index in [1.807, 2.05) is 6.07 Å². The molecule has 1 unspecified atom stereocenters. The number of benzene rings is 1. The van der Waals surface area contributed by atoms with Crippen LogP contribution in [0.25, 0.3) is 22.4 Å². The van der Waals surface area contributed by atoms with Crippen molar-refractivity contribution in [2.75, 3.05) is 32.0 Å². The maximum absolute atomic E-state index is 13.6. The topological polar surface area (TPSA) is 57.3 Å².